The van der Waals surface area contributed by atoms with Crippen molar-refractivity contribution in [1.29, 1.82) is 0 Å². The first-order chi connectivity index (χ1) is 5.84. The molecule has 2 atom stereocenters. The minimum atomic E-state index is -2.49. The van der Waals surface area contributed by atoms with E-state index < -0.39 is 25.8 Å². The first-order valence-corrected chi connectivity index (χ1v) is 1.94. The third-order valence-corrected chi connectivity index (χ3v) is 0.608. The molecule has 1 aliphatic heterocycles. The Hall–Kier alpha value is -0.590. The molecule has 2 unspecified atom stereocenters. The summed E-state index contributed by atoms with van der Waals surface area (Å²) < 4.78 is 43.1. The molecule has 0 fully saturated rings. The Balaban J connectivity index is 3.10. The van der Waals surface area contributed by atoms with Crippen LogP contribution < -0.4 is 0 Å². The predicted molar refractivity (Wildman–Crippen MR) is 31.5 cm³/mol. The van der Waals surface area contributed by atoms with Crippen LogP contribution in [0.2, 0.25) is 0 Å². The van der Waals surface area contributed by atoms with Crippen LogP contribution in [-0.4, -0.2) is 6.21 Å². The zero-order valence-corrected chi connectivity index (χ0v) is 3.68. The molecule has 7 heavy (non-hydrogen) atoms. The summed E-state index contributed by atoms with van der Waals surface area (Å²) in [5.41, 5.74) is -0.338. The van der Waals surface area contributed by atoms with Gasteiger partial charge in [-0.2, -0.15) is 0 Å². The Morgan fingerprint density at radius 3 is 4.00 bits per heavy atom. The summed E-state index contributed by atoms with van der Waals surface area (Å²) >= 11 is 0. The van der Waals surface area contributed by atoms with Crippen LogP contribution in [0.15, 0.2) is 16.7 Å². The third-order valence-electron chi connectivity index (χ3n) is 0.608. The highest BCUT2D eigenvalue weighted by atomic mass is 14.7. The lowest BCUT2D eigenvalue weighted by atomic mass is 10.2. The maximum Gasteiger partial charge on any atom is 0.0839 e. The molecule has 0 aromatic carbocycles. The van der Waals surface area contributed by atoms with Crippen molar-refractivity contribution in [2.75, 3.05) is 0 Å². The van der Waals surface area contributed by atoms with Gasteiger partial charge in [-0.3, -0.25) is 4.99 Å². The topological polar surface area (TPSA) is 12.4 Å². The van der Waals surface area contributed by atoms with Crippen LogP contribution >= 0.6 is 0 Å². The Morgan fingerprint density at radius 1 is 2.29 bits per heavy atom. The van der Waals surface area contributed by atoms with E-state index in [4.69, 9.17) is 8.22 Å². The molecule has 0 aromatic heterocycles. The van der Waals surface area contributed by atoms with E-state index in [1.165, 1.54) is 0 Å². The van der Waals surface area contributed by atoms with Gasteiger partial charge >= 0.3 is 0 Å². The number of rotatable bonds is 0. The van der Waals surface area contributed by atoms with Gasteiger partial charge in [-0.1, -0.05) is 5.57 Å². The van der Waals surface area contributed by atoms with Crippen molar-refractivity contribution in [1.82, 2.24) is 0 Å². The largest absolute Gasteiger partial charge is 0.269 e. The van der Waals surface area contributed by atoms with Crippen LogP contribution in [0.3, 0.4) is 0 Å². The summed E-state index contributed by atoms with van der Waals surface area (Å²) in [6.07, 6.45) is -1.46. The van der Waals surface area contributed by atoms with Crippen molar-refractivity contribution >= 4 is 6.21 Å². The van der Waals surface area contributed by atoms with Gasteiger partial charge in [0.15, 0.2) is 0 Å². The molecule has 1 heterocycles. The van der Waals surface area contributed by atoms with Crippen molar-refractivity contribution in [3.05, 3.63) is 11.7 Å². The standard InChI is InChI=1S/C6H9N/c1-6-3-2-4-7-5-6/h4-5H,2-3H2,1H3/i1D3,2D,3D,5D. The molecule has 1 rings (SSSR count). The second-order valence-electron chi connectivity index (χ2n) is 1.16. The highest BCUT2D eigenvalue weighted by molar-refractivity contribution is 5.59. The average molecular weight is 101 g/mol. The second kappa shape index (κ2) is 1.92. The summed E-state index contributed by atoms with van der Waals surface area (Å²) in [5.74, 6) is 0. The molecule has 0 saturated heterocycles. The van der Waals surface area contributed by atoms with E-state index in [1.54, 1.807) is 0 Å². The smallest absolute Gasteiger partial charge is 0.0839 e. The van der Waals surface area contributed by atoms with E-state index in [2.05, 4.69) is 4.99 Å². The molecule has 0 aromatic rings. The van der Waals surface area contributed by atoms with Crippen LogP contribution in [0.1, 0.15) is 27.9 Å². The molecular formula is C6H9N. The van der Waals surface area contributed by atoms with Gasteiger partial charge in [-0.05, 0) is 19.6 Å². The van der Waals surface area contributed by atoms with Gasteiger partial charge in [0.2, 0.25) is 0 Å². The van der Waals surface area contributed by atoms with Gasteiger partial charge in [0.05, 0.1) is 1.37 Å². The van der Waals surface area contributed by atoms with Gasteiger partial charge in [0.25, 0.3) is 0 Å². The minimum Gasteiger partial charge on any atom is -0.269 e. The fourth-order valence-corrected chi connectivity index (χ4v) is 0.326. The summed E-state index contributed by atoms with van der Waals surface area (Å²) in [7, 11) is 0. The number of nitrogens with zero attached hydrogens (tertiary/aromatic N) is 1. The van der Waals surface area contributed by atoms with Crippen LogP contribution in [0.5, 0.6) is 0 Å². The van der Waals surface area contributed by atoms with Crippen LogP contribution in [0, 0.1) is 0 Å². The SMILES string of the molecule is [2H]C1=C(C([2H])([2H])[2H])C([2H])C([2H])C=N1. The maximum absolute atomic E-state index is 7.40. The minimum absolute atomic E-state index is 0.338. The van der Waals surface area contributed by atoms with Gasteiger partial charge in [-0.15, -0.1) is 0 Å². The van der Waals surface area contributed by atoms with Gasteiger partial charge in [0, 0.05) is 19.2 Å². The Kier molecular flexibility index (Phi) is 0.333. The summed E-state index contributed by atoms with van der Waals surface area (Å²) in [6.45, 7) is -2.49. The Morgan fingerprint density at radius 2 is 3.29 bits per heavy atom. The van der Waals surface area contributed by atoms with E-state index in [0.717, 1.165) is 6.21 Å². The quantitative estimate of drug-likeness (QED) is 0.441. The van der Waals surface area contributed by atoms with E-state index in [9.17, 15) is 0 Å². The monoisotopic (exact) mass is 101 g/mol. The zero-order chi connectivity index (χ0) is 10.2. The van der Waals surface area contributed by atoms with Gasteiger partial charge < -0.3 is 0 Å². The molecule has 1 aliphatic rings. The third kappa shape index (κ3) is 1.15. The van der Waals surface area contributed by atoms with E-state index in [0.29, 0.717) is 0 Å². The lowest BCUT2D eigenvalue weighted by Crippen LogP contribution is -1.83. The summed E-state index contributed by atoms with van der Waals surface area (Å²) in [4.78, 5) is 3.46. The lowest BCUT2D eigenvalue weighted by Gasteiger charge is -1.98. The first kappa shape index (κ1) is 1.22. The number of allylic oxidation sites excluding steroid dienone is 1. The summed E-state index contributed by atoms with van der Waals surface area (Å²) in [5, 5.41) is 0. The normalized spacial score (nSPS) is 56.0. The number of hydrogen-bond donors (Lipinski definition) is 0. The van der Waals surface area contributed by atoms with Crippen molar-refractivity contribution in [3.8, 4) is 0 Å². The van der Waals surface area contributed by atoms with Crippen molar-refractivity contribution in [3.63, 3.8) is 0 Å². The van der Waals surface area contributed by atoms with E-state index >= 15 is 0 Å². The van der Waals surface area contributed by atoms with Crippen molar-refractivity contribution in [2.45, 2.75) is 19.6 Å². The number of aliphatic imine (C=N–C) groups is 1. The van der Waals surface area contributed by atoms with Crippen molar-refractivity contribution in [2.24, 2.45) is 4.99 Å². The molecule has 0 N–H and O–H groups in total. The average Bonchev–Trinajstić information content (AvgIpc) is 1.95. The van der Waals surface area contributed by atoms with Gasteiger partial charge in [-0.25, -0.2) is 0 Å². The molecule has 1 heteroatoms. The second-order valence-corrected chi connectivity index (χ2v) is 1.16. The van der Waals surface area contributed by atoms with Crippen LogP contribution in [0.4, 0.5) is 0 Å². The van der Waals surface area contributed by atoms with E-state index in [1.807, 2.05) is 0 Å². The first-order valence-electron chi connectivity index (χ1n) is 5.09. The van der Waals surface area contributed by atoms with Crippen LogP contribution in [-0.2, 0) is 0 Å². The Labute approximate surface area is 52.2 Å². The predicted octanol–water partition coefficient (Wildman–Crippen LogP) is 1.75. The molecule has 0 amide bonds. The molecule has 0 aliphatic carbocycles. The van der Waals surface area contributed by atoms with Crippen molar-refractivity contribution < 1.29 is 8.22 Å². The number of hydrogen-bond acceptors (Lipinski definition) is 1. The van der Waals surface area contributed by atoms with Gasteiger partial charge in [0.1, 0.15) is 0 Å². The summed E-state index contributed by atoms with van der Waals surface area (Å²) in [6, 6.07) is 0. The molecule has 0 radical (unpaired) electrons. The maximum atomic E-state index is 7.40. The molecule has 0 bridgehead atoms. The van der Waals surface area contributed by atoms with Crippen LogP contribution in [0.25, 0.3) is 0 Å². The highest BCUT2D eigenvalue weighted by Gasteiger charge is 1.89. The highest BCUT2D eigenvalue weighted by Crippen LogP contribution is 2.05. The lowest BCUT2D eigenvalue weighted by molar-refractivity contribution is 0.994. The Bertz CT molecular complexity index is 265. The zero-order valence-electron chi connectivity index (χ0n) is 9.68. The van der Waals surface area contributed by atoms with E-state index in [-0.39, 0.29) is 5.57 Å². The molecule has 0 saturated carbocycles. The molecule has 1 nitrogen and oxygen atoms in total. The fraction of sp³-hybridized carbons (Fsp3) is 0.500. The molecule has 38 valence electrons. The molecule has 0 spiro atoms. The molecular weight excluding hydrogens is 86.1 g/mol. The fourth-order valence-electron chi connectivity index (χ4n) is 0.326.